The molecule has 0 aromatic rings. The van der Waals surface area contributed by atoms with Crippen molar-refractivity contribution in [2.45, 2.75) is 112 Å². The van der Waals surface area contributed by atoms with E-state index in [1.165, 1.54) is 0 Å². The van der Waals surface area contributed by atoms with E-state index in [1.807, 2.05) is 6.92 Å². The smallest absolute Gasteiger partial charge is 0.333 e. The molecule has 0 fully saturated rings. The van der Waals surface area contributed by atoms with Gasteiger partial charge in [-0.3, -0.25) is 14.4 Å². The first-order chi connectivity index (χ1) is 17.3. The third-order valence-corrected chi connectivity index (χ3v) is 6.90. The Morgan fingerprint density at radius 1 is 0.865 bits per heavy atom. The average Bonchev–Trinajstić information content (AvgIpc) is 2.83. The monoisotopic (exact) mass is 525 g/mol. The Hall–Kier alpha value is -2.38. The lowest BCUT2D eigenvalue weighted by atomic mass is 9.73. The van der Waals surface area contributed by atoms with Crippen LogP contribution in [-0.4, -0.2) is 48.7 Å². The van der Waals surface area contributed by atoms with Crippen LogP contribution in [-0.2, 0) is 28.7 Å². The van der Waals surface area contributed by atoms with Crippen molar-refractivity contribution in [2.75, 3.05) is 19.8 Å². The number of carbonyl (C=O) groups is 4. The van der Waals surface area contributed by atoms with Crippen molar-refractivity contribution in [3.05, 3.63) is 12.2 Å². The van der Waals surface area contributed by atoms with Crippen LogP contribution in [0.25, 0.3) is 0 Å². The van der Waals surface area contributed by atoms with Gasteiger partial charge in [0.15, 0.2) is 0 Å². The maximum absolute atomic E-state index is 12.8. The summed E-state index contributed by atoms with van der Waals surface area (Å²) in [5.74, 6) is -2.72. The summed E-state index contributed by atoms with van der Waals surface area (Å²) >= 11 is 0. The molecular formula is C29H51NO7. The minimum atomic E-state index is -1.00. The summed E-state index contributed by atoms with van der Waals surface area (Å²) in [7, 11) is 0. The molecule has 0 bridgehead atoms. The lowest BCUT2D eigenvalue weighted by Crippen LogP contribution is -2.41. The van der Waals surface area contributed by atoms with Gasteiger partial charge in [-0.15, -0.1) is 0 Å². The number of aliphatic carboxylic acids is 1. The van der Waals surface area contributed by atoms with Crippen molar-refractivity contribution in [1.29, 1.82) is 0 Å². The fraction of sp³-hybridized carbons (Fsp3) is 0.793. The predicted molar refractivity (Wildman–Crippen MR) is 145 cm³/mol. The van der Waals surface area contributed by atoms with Gasteiger partial charge in [0, 0.05) is 17.5 Å². The normalized spacial score (nSPS) is 13.8. The zero-order chi connectivity index (χ0) is 28.5. The van der Waals surface area contributed by atoms with Crippen molar-refractivity contribution in [2.24, 2.45) is 16.7 Å². The van der Waals surface area contributed by atoms with Crippen LogP contribution in [0.2, 0.25) is 0 Å². The molecule has 2 N–H and O–H groups in total. The number of amides is 1. The molecule has 0 aromatic carbocycles. The minimum absolute atomic E-state index is 0.133. The van der Waals surface area contributed by atoms with E-state index in [2.05, 4.69) is 11.9 Å². The quantitative estimate of drug-likeness (QED) is 0.110. The molecule has 0 aliphatic rings. The van der Waals surface area contributed by atoms with E-state index in [0.29, 0.717) is 25.1 Å². The van der Waals surface area contributed by atoms with Gasteiger partial charge in [0.25, 0.3) is 0 Å². The third-order valence-electron chi connectivity index (χ3n) is 6.90. The number of ether oxygens (including phenoxy) is 2. The number of esters is 2. The van der Waals surface area contributed by atoms with Gasteiger partial charge in [-0.05, 0) is 52.9 Å². The second kappa shape index (κ2) is 18.0. The van der Waals surface area contributed by atoms with Gasteiger partial charge in [-0.1, -0.05) is 65.9 Å². The molecule has 0 spiro atoms. The van der Waals surface area contributed by atoms with Crippen LogP contribution < -0.4 is 5.32 Å². The molecule has 0 heterocycles. The first kappa shape index (κ1) is 34.6. The van der Waals surface area contributed by atoms with Crippen LogP contribution in [0, 0.1) is 16.7 Å². The molecule has 8 nitrogen and oxygen atoms in total. The van der Waals surface area contributed by atoms with Crippen LogP contribution in [0.5, 0.6) is 0 Å². The molecule has 0 radical (unpaired) electrons. The summed E-state index contributed by atoms with van der Waals surface area (Å²) in [5.41, 5.74) is -1.34. The molecule has 2 atom stereocenters. The molecule has 0 saturated carbocycles. The molecule has 0 aliphatic heterocycles. The Morgan fingerprint density at radius 3 is 1.89 bits per heavy atom. The molecule has 0 rings (SSSR count). The Bertz CT molecular complexity index is 747. The molecule has 8 heteroatoms. The Labute approximate surface area is 223 Å². The summed E-state index contributed by atoms with van der Waals surface area (Å²) in [5, 5.41) is 12.8. The van der Waals surface area contributed by atoms with Gasteiger partial charge in [0.1, 0.15) is 0 Å². The number of carboxylic acids is 1. The molecular weight excluding hydrogens is 474 g/mol. The highest BCUT2D eigenvalue weighted by Gasteiger charge is 2.41. The van der Waals surface area contributed by atoms with E-state index < -0.39 is 28.7 Å². The first-order valence-corrected chi connectivity index (χ1v) is 13.8. The molecule has 214 valence electrons. The van der Waals surface area contributed by atoms with Crippen molar-refractivity contribution in [3.63, 3.8) is 0 Å². The second-order valence-electron chi connectivity index (χ2n) is 11.0. The number of unbranched alkanes of at least 4 members (excludes halogenated alkanes) is 7. The fourth-order valence-corrected chi connectivity index (χ4v) is 4.19. The predicted octanol–water partition coefficient (Wildman–Crippen LogP) is 5.83. The Balaban J connectivity index is 4.28. The zero-order valence-corrected chi connectivity index (χ0v) is 24.1. The summed E-state index contributed by atoms with van der Waals surface area (Å²) in [6.07, 6.45) is 8.99. The Morgan fingerprint density at radius 2 is 1.41 bits per heavy atom. The maximum Gasteiger partial charge on any atom is 0.333 e. The van der Waals surface area contributed by atoms with Gasteiger partial charge in [0.05, 0.1) is 24.5 Å². The molecule has 0 aromatic heterocycles. The van der Waals surface area contributed by atoms with Crippen LogP contribution in [0.4, 0.5) is 0 Å². The standard InChI is InChI=1S/C29H51NO7/c1-8-29(7,27(35)36-9-2)21-23(24(31)32)20-28(5,6)26(34)30-18-16-14-12-10-11-13-15-17-19-37-25(33)22(3)4/h23H,3,8-21H2,1-2,4-7H3,(H,30,34)(H,31,32). The van der Waals surface area contributed by atoms with Gasteiger partial charge < -0.3 is 19.9 Å². The van der Waals surface area contributed by atoms with Crippen LogP contribution in [0.3, 0.4) is 0 Å². The Kier molecular flexibility index (Phi) is 16.8. The summed E-state index contributed by atoms with van der Waals surface area (Å²) in [6, 6.07) is 0. The summed E-state index contributed by atoms with van der Waals surface area (Å²) in [6.45, 7) is 15.3. The van der Waals surface area contributed by atoms with E-state index in [-0.39, 0.29) is 31.3 Å². The molecule has 0 aliphatic carbocycles. The minimum Gasteiger partial charge on any atom is -0.481 e. The van der Waals surface area contributed by atoms with Gasteiger partial charge in [-0.2, -0.15) is 0 Å². The van der Waals surface area contributed by atoms with E-state index in [0.717, 1.165) is 51.4 Å². The van der Waals surface area contributed by atoms with E-state index >= 15 is 0 Å². The van der Waals surface area contributed by atoms with Crippen molar-refractivity contribution >= 4 is 23.8 Å². The average molecular weight is 526 g/mol. The summed E-state index contributed by atoms with van der Waals surface area (Å²) in [4.78, 5) is 48.5. The first-order valence-electron chi connectivity index (χ1n) is 13.8. The number of carbonyl (C=O) groups excluding carboxylic acids is 3. The van der Waals surface area contributed by atoms with E-state index in [1.54, 1.807) is 34.6 Å². The topological polar surface area (TPSA) is 119 Å². The van der Waals surface area contributed by atoms with Crippen molar-refractivity contribution < 1.29 is 33.8 Å². The number of hydrogen-bond donors (Lipinski definition) is 2. The molecule has 37 heavy (non-hydrogen) atoms. The number of carboxylic acid groups (broad SMARTS) is 1. The highest BCUT2D eigenvalue weighted by Crippen LogP contribution is 2.37. The highest BCUT2D eigenvalue weighted by molar-refractivity contribution is 5.86. The number of hydrogen-bond acceptors (Lipinski definition) is 6. The van der Waals surface area contributed by atoms with E-state index in [4.69, 9.17) is 9.47 Å². The molecule has 0 saturated heterocycles. The van der Waals surface area contributed by atoms with Crippen molar-refractivity contribution in [3.8, 4) is 0 Å². The summed E-state index contributed by atoms with van der Waals surface area (Å²) < 4.78 is 10.2. The number of nitrogens with one attached hydrogen (secondary N) is 1. The SMILES string of the molecule is C=C(C)C(=O)OCCCCCCCCCCNC(=O)C(C)(C)CC(CC(C)(CC)C(=O)OCC)C(=O)O. The molecule has 1 amide bonds. The van der Waals surface area contributed by atoms with Gasteiger partial charge in [-0.25, -0.2) is 4.79 Å². The fourth-order valence-electron chi connectivity index (χ4n) is 4.19. The lowest BCUT2D eigenvalue weighted by Gasteiger charge is -2.32. The largest absolute Gasteiger partial charge is 0.481 e. The lowest BCUT2D eigenvalue weighted by molar-refractivity contribution is -0.158. The van der Waals surface area contributed by atoms with Crippen molar-refractivity contribution in [1.82, 2.24) is 5.32 Å². The van der Waals surface area contributed by atoms with Crippen LogP contribution >= 0.6 is 0 Å². The van der Waals surface area contributed by atoms with E-state index in [9.17, 15) is 24.3 Å². The van der Waals surface area contributed by atoms with Crippen LogP contribution in [0.1, 0.15) is 112 Å². The second-order valence-corrected chi connectivity index (χ2v) is 11.0. The molecule has 2 unspecified atom stereocenters. The third kappa shape index (κ3) is 14.2. The van der Waals surface area contributed by atoms with Gasteiger partial charge >= 0.3 is 17.9 Å². The highest BCUT2D eigenvalue weighted by atomic mass is 16.5. The maximum atomic E-state index is 12.8. The van der Waals surface area contributed by atoms with Gasteiger partial charge in [0.2, 0.25) is 5.91 Å². The van der Waals surface area contributed by atoms with Crippen LogP contribution in [0.15, 0.2) is 12.2 Å². The number of rotatable bonds is 21. The zero-order valence-electron chi connectivity index (χ0n) is 24.1.